The van der Waals surface area contributed by atoms with Crippen molar-refractivity contribution in [2.75, 3.05) is 11.9 Å². The zero-order valence-electron chi connectivity index (χ0n) is 17.4. The number of aryl methyl sites for hydroxylation is 2. The molecule has 1 aliphatic heterocycles. The highest BCUT2D eigenvalue weighted by molar-refractivity contribution is 6.35. The Kier molecular flexibility index (Phi) is 4.97. The number of fused-ring (bicyclic) bond motifs is 3. The van der Waals surface area contributed by atoms with Gasteiger partial charge in [-0.2, -0.15) is 9.61 Å². The second kappa shape index (κ2) is 7.81. The van der Waals surface area contributed by atoms with Crippen molar-refractivity contribution in [3.63, 3.8) is 0 Å². The van der Waals surface area contributed by atoms with Gasteiger partial charge in [-0.25, -0.2) is 9.97 Å². The summed E-state index contributed by atoms with van der Waals surface area (Å²) >= 11 is 6.46. The molecular formula is C21H23ClN8O. The molecule has 4 aromatic rings. The fourth-order valence-corrected chi connectivity index (χ4v) is 4.15. The van der Waals surface area contributed by atoms with E-state index in [-0.39, 0.29) is 5.91 Å². The lowest BCUT2D eigenvalue weighted by molar-refractivity contribution is -0.121. The minimum absolute atomic E-state index is 0.0351. The number of nitrogens with one attached hydrogen (secondary N) is 2. The summed E-state index contributed by atoms with van der Waals surface area (Å²) in [6.45, 7) is 5.43. The van der Waals surface area contributed by atoms with E-state index < -0.39 is 6.04 Å². The Morgan fingerprint density at radius 2 is 2.13 bits per heavy atom. The number of carbonyl (C=O) groups excluding carboxylic acids is 1. The molecule has 9 nitrogen and oxygen atoms in total. The second-order valence-electron chi connectivity index (χ2n) is 7.71. The number of anilines is 1. The Bertz CT molecular complexity index is 1290. The van der Waals surface area contributed by atoms with E-state index in [0.717, 1.165) is 42.5 Å². The monoisotopic (exact) mass is 438 g/mol. The Morgan fingerprint density at radius 3 is 2.94 bits per heavy atom. The van der Waals surface area contributed by atoms with Crippen molar-refractivity contribution >= 4 is 40.0 Å². The topological polar surface area (TPSA) is 102 Å². The molecule has 2 N–H and O–H groups in total. The van der Waals surface area contributed by atoms with Gasteiger partial charge in [0.15, 0.2) is 11.5 Å². The van der Waals surface area contributed by atoms with Crippen molar-refractivity contribution < 1.29 is 4.79 Å². The normalized spacial score (nSPS) is 17.1. The molecule has 160 valence electrons. The van der Waals surface area contributed by atoms with Crippen molar-refractivity contribution in [3.05, 3.63) is 35.1 Å². The van der Waals surface area contributed by atoms with Crippen molar-refractivity contribution in [1.29, 1.82) is 0 Å². The number of hydrogen-bond donors (Lipinski definition) is 2. The summed E-state index contributed by atoms with van der Waals surface area (Å²) in [4.78, 5) is 22.0. The van der Waals surface area contributed by atoms with E-state index in [0.29, 0.717) is 34.5 Å². The maximum absolute atomic E-state index is 12.5. The summed E-state index contributed by atoms with van der Waals surface area (Å²) < 4.78 is 3.52. The molecule has 0 spiro atoms. The first-order valence-corrected chi connectivity index (χ1v) is 10.9. The highest BCUT2D eigenvalue weighted by atomic mass is 35.5. The van der Waals surface area contributed by atoms with Gasteiger partial charge in [0.2, 0.25) is 11.9 Å². The van der Waals surface area contributed by atoms with Gasteiger partial charge in [-0.15, -0.1) is 5.10 Å². The van der Waals surface area contributed by atoms with Crippen LogP contribution in [0.1, 0.15) is 31.9 Å². The van der Waals surface area contributed by atoms with Crippen LogP contribution in [0.15, 0.2) is 24.4 Å². The molecule has 0 aliphatic carbocycles. The molecule has 5 rings (SSSR count). The molecule has 10 heteroatoms. The molecule has 4 heterocycles. The molecule has 1 saturated heterocycles. The van der Waals surface area contributed by atoms with Crippen LogP contribution in [0.2, 0.25) is 5.02 Å². The van der Waals surface area contributed by atoms with Crippen molar-refractivity contribution in [3.8, 4) is 11.4 Å². The minimum atomic E-state index is -0.393. The number of carbonyl (C=O) groups is 1. The molecule has 0 bridgehead atoms. The number of halogens is 1. The number of rotatable bonds is 4. The minimum Gasteiger partial charge on any atom is -0.354 e. The maximum Gasteiger partial charge on any atom is 0.242 e. The number of amides is 1. The maximum atomic E-state index is 12.5. The van der Waals surface area contributed by atoms with Crippen molar-refractivity contribution in [1.82, 2.24) is 34.7 Å². The molecule has 1 aliphatic rings. The number of para-hydroxylation sites is 1. The van der Waals surface area contributed by atoms with Crippen molar-refractivity contribution in [2.45, 2.75) is 45.7 Å². The van der Waals surface area contributed by atoms with Crippen LogP contribution in [-0.2, 0) is 11.3 Å². The number of aromatic nitrogens is 6. The smallest absolute Gasteiger partial charge is 0.242 e. The highest BCUT2D eigenvalue weighted by Gasteiger charge is 2.24. The third-order valence-electron chi connectivity index (χ3n) is 5.60. The lowest BCUT2D eigenvalue weighted by Gasteiger charge is -2.17. The van der Waals surface area contributed by atoms with Crippen LogP contribution >= 0.6 is 11.6 Å². The zero-order chi connectivity index (χ0) is 21.5. The molecular weight excluding hydrogens is 416 g/mol. The summed E-state index contributed by atoms with van der Waals surface area (Å²) in [6.07, 6.45) is 4.58. The van der Waals surface area contributed by atoms with Gasteiger partial charge in [0.1, 0.15) is 6.04 Å². The predicted molar refractivity (Wildman–Crippen MR) is 119 cm³/mol. The van der Waals surface area contributed by atoms with E-state index in [1.165, 1.54) is 0 Å². The third kappa shape index (κ3) is 3.48. The van der Waals surface area contributed by atoms with Crippen LogP contribution in [-0.4, -0.2) is 47.9 Å². The van der Waals surface area contributed by atoms with Crippen LogP contribution in [0, 0.1) is 6.92 Å². The first kappa shape index (κ1) is 19.7. The summed E-state index contributed by atoms with van der Waals surface area (Å²) in [5, 5.41) is 16.8. The van der Waals surface area contributed by atoms with E-state index in [1.807, 2.05) is 36.9 Å². The molecule has 1 amide bonds. The van der Waals surface area contributed by atoms with Gasteiger partial charge in [0, 0.05) is 24.7 Å². The van der Waals surface area contributed by atoms with Gasteiger partial charge in [-0.1, -0.05) is 17.7 Å². The Morgan fingerprint density at radius 1 is 1.26 bits per heavy atom. The first-order chi connectivity index (χ1) is 15.0. The highest BCUT2D eigenvalue weighted by Crippen LogP contribution is 2.29. The van der Waals surface area contributed by atoms with Crippen LogP contribution in [0.25, 0.3) is 27.9 Å². The standard InChI is InChI=1S/C21H23ClN8O/c1-3-29-11-14(12(2)27-29)18-26-19-13-7-6-8-15(22)17(13)25-21(30(19)28-18)24-16-9-4-5-10-23-20(16)31/h6-8,11,16H,3-5,9-10H2,1-2H3,(H,23,31)(H,24,25)/t16-/m1/s1. The molecule has 0 saturated carbocycles. The number of nitrogens with zero attached hydrogens (tertiary/aromatic N) is 6. The fraction of sp³-hybridized carbons (Fsp3) is 0.381. The SMILES string of the molecule is CCn1cc(-c2nc3c4cccc(Cl)c4nc(N[C@@H]4CCCCNC4=O)n3n2)c(C)n1. The van der Waals surface area contributed by atoms with Gasteiger partial charge < -0.3 is 10.6 Å². The van der Waals surface area contributed by atoms with Gasteiger partial charge in [-0.05, 0) is 45.2 Å². The quantitative estimate of drug-likeness (QED) is 0.507. The average molecular weight is 439 g/mol. The van der Waals surface area contributed by atoms with Crippen LogP contribution in [0.3, 0.4) is 0 Å². The number of benzene rings is 1. The average Bonchev–Trinajstić information content (AvgIpc) is 3.31. The molecule has 1 atom stereocenters. The van der Waals surface area contributed by atoms with E-state index >= 15 is 0 Å². The molecule has 1 aromatic carbocycles. The van der Waals surface area contributed by atoms with Gasteiger partial charge in [-0.3, -0.25) is 9.48 Å². The Labute approximate surface area is 183 Å². The molecule has 3 aromatic heterocycles. The molecule has 1 fully saturated rings. The zero-order valence-corrected chi connectivity index (χ0v) is 18.1. The molecule has 0 unspecified atom stereocenters. The largest absolute Gasteiger partial charge is 0.354 e. The molecule has 31 heavy (non-hydrogen) atoms. The van der Waals surface area contributed by atoms with Crippen molar-refractivity contribution in [2.24, 2.45) is 0 Å². The lowest BCUT2D eigenvalue weighted by atomic mass is 10.1. The van der Waals surface area contributed by atoms with Crippen LogP contribution < -0.4 is 10.6 Å². The van der Waals surface area contributed by atoms with Crippen LogP contribution in [0.4, 0.5) is 5.95 Å². The summed E-state index contributed by atoms with van der Waals surface area (Å²) in [5.41, 5.74) is 2.96. The Hall–Kier alpha value is -3.20. The Balaban J connectivity index is 1.69. The molecule has 0 radical (unpaired) electrons. The van der Waals surface area contributed by atoms with Gasteiger partial charge in [0.05, 0.1) is 21.8 Å². The summed E-state index contributed by atoms with van der Waals surface area (Å²) in [7, 11) is 0. The lowest BCUT2D eigenvalue weighted by Crippen LogP contribution is -2.38. The third-order valence-corrected chi connectivity index (χ3v) is 5.91. The number of hydrogen-bond acceptors (Lipinski definition) is 6. The van der Waals surface area contributed by atoms with Crippen LogP contribution in [0.5, 0.6) is 0 Å². The van der Waals surface area contributed by atoms with Gasteiger partial charge in [0.25, 0.3) is 0 Å². The first-order valence-electron chi connectivity index (χ1n) is 10.5. The summed E-state index contributed by atoms with van der Waals surface area (Å²) in [6, 6.07) is 5.19. The second-order valence-corrected chi connectivity index (χ2v) is 8.12. The van der Waals surface area contributed by atoms with E-state index in [1.54, 1.807) is 10.6 Å². The van der Waals surface area contributed by atoms with E-state index in [9.17, 15) is 4.79 Å². The van der Waals surface area contributed by atoms with E-state index in [2.05, 4.69) is 15.7 Å². The van der Waals surface area contributed by atoms with Gasteiger partial charge >= 0.3 is 0 Å². The summed E-state index contributed by atoms with van der Waals surface area (Å²) in [5.74, 6) is 0.962. The van der Waals surface area contributed by atoms with E-state index in [4.69, 9.17) is 26.7 Å². The predicted octanol–water partition coefficient (Wildman–Crippen LogP) is 3.20. The fourth-order valence-electron chi connectivity index (χ4n) is 3.94.